The number of allylic oxidation sites excluding steroid dienone is 18. The van der Waals surface area contributed by atoms with Gasteiger partial charge >= 0.3 is 11.9 Å². The zero-order chi connectivity index (χ0) is 61.2. The third kappa shape index (κ3) is 65.5. The van der Waals surface area contributed by atoms with Crippen molar-refractivity contribution in [2.24, 2.45) is 0 Å². The minimum absolute atomic E-state index is 0.139. The molecule has 0 saturated carbocycles. The van der Waals surface area contributed by atoms with Crippen LogP contribution in [-0.2, 0) is 33.3 Å². The smallest absolute Gasteiger partial charge is 0.306 e. The summed E-state index contributed by atoms with van der Waals surface area (Å²) in [5, 5.41) is 11.8. The molecule has 0 aliphatic rings. The number of rotatable bonds is 63. The van der Waals surface area contributed by atoms with Crippen LogP contribution in [0.5, 0.6) is 0 Å². The Morgan fingerprint density at radius 2 is 0.679 bits per heavy atom. The van der Waals surface area contributed by atoms with Crippen LogP contribution in [-0.4, -0.2) is 82.3 Å². The van der Waals surface area contributed by atoms with Crippen molar-refractivity contribution in [1.82, 2.24) is 0 Å². The molecule has 0 saturated heterocycles. The molecule has 0 N–H and O–H groups in total. The normalized spacial score (nSPS) is 13.4. The van der Waals surface area contributed by atoms with Gasteiger partial charge in [-0.15, -0.1) is 0 Å². The van der Waals surface area contributed by atoms with Crippen LogP contribution in [0, 0.1) is 0 Å². The number of esters is 2. The van der Waals surface area contributed by atoms with E-state index in [4.69, 9.17) is 18.9 Å². The number of aliphatic carboxylic acids is 1. The Kier molecular flexibility index (Phi) is 61.8. The molecule has 0 bridgehead atoms. The van der Waals surface area contributed by atoms with E-state index in [1.54, 1.807) is 0 Å². The number of hydrogen-bond donors (Lipinski definition) is 0. The summed E-state index contributed by atoms with van der Waals surface area (Å²) in [7, 11) is 5.92. The Bertz CT molecular complexity index is 1750. The average molecular weight is 1170 g/mol. The standard InChI is InChI=1S/C75H129NO8/c1-6-8-10-12-14-16-18-20-22-24-26-28-30-32-34-35-36-37-38-39-40-42-44-46-48-50-52-54-56-58-60-62-64-66-73(78)84-71(70-83-75(74(79)80)81-68-67-76(3,4)5)69-82-72(77)65-63-61-59-57-55-53-51-49-47-45-43-41-33-31-29-27-25-23-21-19-17-15-13-11-9-7-2/h8,10,14,16,20,22,26,28,32,34,36-37,39-40,44,46,50,52,71,75H,6-7,9,11-13,15,17-19,21,23-25,27,29-31,33,35,38,41-43,45,47-49,51,53-70H2,1-5H3/b10-8-,16-14-,22-20-,28-26-,34-32-,37-36-,40-39-,46-44-,52-50-. The predicted octanol–water partition coefficient (Wildman–Crippen LogP) is 20.1. The fraction of sp³-hybridized carbons (Fsp3) is 0.720. The van der Waals surface area contributed by atoms with Gasteiger partial charge in [-0.2, -0.15) is 0 Å². The van der Waals surface area contributed by atoms with Crippen molar-refractivity contribution in [2.75, 3.05) is 47.5 Å². The first-order valence-electron chi connectivity index (χ1n) is 34.5. The third-order valence-corrected chi connectivity index (χ3v) is 14.8. The highest BCUT2D eigenvalue weighted by atomic mass is 16.7. The summed E-state index contributed by atoms with van der Waals surface area (Å²) >= 11 is 0. The highest BCUT2D eigenvalue weighted by molar-refractivity contribution is 5.70. The van der Waals surface area contributed by atoms with E-state index in [1.807, 2.05) is 21.1 Å². The molecule has 0 aromatic rings. The number of ether oxygens (including phenoxy) is 4. The number of carboxylic acids is 1. The van der Waals surface area contributed by atoms with E-state index in [-0.39, 0.29) is 38.6 Å². The van der Waals surface area contributed by atoms with E-state index < -0.39 is 24.3 Å². The van der Waals surface area contributed by atoms with Crippen LogP contribution in [0.3, 0.4) is 0 Å². The molecule has 0 aliphatic heterocycles. The summed E-state index contributed by atoms with van der Waals surface area (Å²) in [6.07, 6.45) is 87.4. The number of carboxylic acid groups (broad SMARTS) is 1. The van der Waals surface area contributed by atoms with Gasteiger partial charge in [-0.05, 0) is 83.5 Å². The highest BCUT2D eigenvalue weighted by Gasteiger charge is 2.22. The second-order valence-corrected chi connectivity index (χ2v) is 24.1. The Morgan fingerprint density at radius 3 is 1.01 bits per heavy atom. The molecule has 0 rings (SSSR count). The second-order valence-electron chi connectivity index (χ2n) is 24.1. The molecule has 9 nitrogen and oxygen atoms in total. The lowest BCUT2D eigenvalue weighted by Crippen LogP contribution is -2.44. The van der Waals surface area contributed by atoms with Crippen molar-refractivity contribution < 1.29 is 42.9 Å². The lowest BCUT2D eigenvalue weighted by Gasteiger charge is -2.26. The molecular formula is C75H129NO8. The van der Waals surface area contributed by atoms with E-state index in [2.05, 4.69) is 123 Å². The van der Waals surface area contributed by atoms with Gasteiger partial charge in [0.15, 0.2) is 12.4 Å². The molecule has 0 aromatic carbocycles. The molecule has 0 radical (unpaired) electrons. The van der Waals surface area contributed by atoms with Crippen molar-refractivity contribution in [3.8, 4) is 0 Å². The molecule has 482 valence electrons. The van der Waals surface area contributed by atoms with Crippen molar-refractivity contribution in [1.29, 1.82) is 0 Å². The van der Waals surface area contributed by atoms with Crippen LogP contribution in [0.1, 0.15) is 290 Å². The second kappa shape index (κ2) is 64.9. The minimum atomic E-state index is -1.63. The van der Waals surface area contributed by atoms with Crippen molar-refractivity contribution in [2.45, 2.75) is 302 Å². The quantitative estimate of drug-likeness (QED) is 0.0195. The molecule has 0 aromatic heterocycles. The van der Waals surface area contributed by atoms with Gasteiger partial charge in [-0.1, -0.05) is 303 Å². The SMILES string of the molecule is CC/C=C\C/C=C\C/C=C\C/C=C\C/C=C\C/C=C\C/C=C\C/C=C\C/C=C\CCCCCCCC(=O)OC(COC(=O)CCCCCCCCCCCCCCCCCCCCCCCCCCCC)COC(OCC[N+](C)(C)C)C(=O)[O-]. The first kappa shape index (κ1) is 80.0. The number of unbranched alkanes of at least 4 members (excludes halogenated alkanes) is 30. The largest absolute Gasteiger partial charge is 0.545 e. The maximum Gasteiger partial charge on any atom is 0.306 e. The molecule has 0 heterocycles. The van der Waals surface area contributed by atoms with E-state index >= 15 is 0 Å². The number of carbonyl (C=O) groups excluding carboxylic acids is 3. The Labute approximate surface area is 517 Å². The summed E-state index contributed by atoms with van der Waals surface area (Å²) in [5.74, 6) is -2.31. The van der Waals surface area contributed by atoms with Crippen LogP contribution >= 0.6 is 0 Å². The molecular weight excluding hydrogens is 1040 g/mol. The minimum Gasteiger partial charge on any atom is -0.545 e. The number of carbonyl (C=O) groups is 3. The molecule has 0 aliphatic carbocycles. The number of hydrogen-bond acceptors (Lipinski definition) is 8. The van der Waals surface area contributed by atoms with Gasteiger partial charge in [0.2, 0.25) is 0 Å². The number of quaternary nitrogens is 1. The lowest BCUT2D eigenvalue weighted by molar-refractivity contribution is -0.870. The Balaban J connectivity index is 4.21. The van der Waals surface area contributed by atoms with Gasteiger partial charge in [0.1, 0.15) is 13.2 Å². The zero-order valence-corrected chi connectivity index (χ0v) is 55.0. The van der Waals surface area contributed by atoms with Gasteiger partial charge in [-0.3, -0.25) is 9.59 Å². The third-order valence-electron chi connectivity index (χ3n) is 14.8. The molecule has 84 heavy (non-hydrogen) atoms. The fourth-order valence-corrected chi connectivity index (χ4v) is 9.53. The summed E-state index contributed by atoms with van der Waals surface area (Å²) in [4.78, 5) is 37.5. The predicted molar refractivity (Wildman–Crippen MR) is 357 cm³/mol. The van der Waals surface area contributed by atoms with E-state index in [0.717, 1.165) is 109 Å². The monoisotopic (exact) mass is 1170 g/mol. The van der Waals surface area contributed by atoms with Crippen LogP contribution in [0.4, 0.5) is 0 Å². The molecule has 0 amide bonds. The maximum atomic E-state index is 12.9. The van der Waals surface area contributed by atoms with Crippen molar-refractivity contribution >= 4 is 17.9 Å². The zero-order valence-electron chi connectivity index (χ0n) is 55.0. The van der Waals surface area contributed by atoms with Crippen LogP contribution in [0.2, 0.25) is 0 Å². The first-order chi connectivity index (χ1) is 41.1. The van der Waals surface area contributed by atoms with E-state index in [9.17, 15) is 19.5 Å². The summed E-state index contributed by atoms with van der Waals surface area (Å²) in [6, 6.07) is 0. The molecule has 0 spiro atoms. The average Bonchev–Trinajstić information content (AvgIpc) is 3.51. The summed E-state index contributed by atoms with van der Waals surface area (Å²) in [6.45, 7) is 4.64. The Morgan fingerprint density at radius 1 is 0.369 bits per heavy atom. The Hall–Kier alpha value is -4.05. The topological polar surface area (TPSA) is 111 Å². The lowest BCUT2D eigenvalue weighted by atomic mass is 10.0. The molecule has 0 fully saturated rings. The number of likely N-dealkylation sites (N-methyl/N-ethyl adjacent to an activating group) is 1. The van der Waals surface area contributed by atoms with E-state index in [1.165, 1.54) is 148 Å². The van der Waals surface area contributed by atoms with Crippen molar-refractivity contribution in [3.63, 3.8) is 0 Å². The highest BCUT2D eigenvalue weighted by Crippen LogP contribution is 2.17. The van der Waals surface area contributed by atoms with Gasteiger partial charge in [-0.25, -0.2) is 0 Å². The van der Waals surface area contributed by atoms with Crippen LogP contribution in [0.15, 0.2) is 109 Å². The van der Waals surface area contributed by atoms with E-state index in [0.29, 0.717) is 17.4 Å². The first-order valence-corrected chi connectivity index (χ1v) is 34.5. The maximum absolute atomic E-state index is 12.9. The molecule has 2 unspecified atom stereocenters. The van der Waals surface area contributed by atoms with Crippen molar-refractivity contribution in [3.05, 3.63) is 109 Å². The molecule has 2 atom stereocenters. The fourth-order valence-electron chi connectivity index (χ4n) is 9.53. The summed E-state index contributed by atoms with van der Waals surface area (Å²) in [5.41, 5.74) is 0. The van der Waals surface area contributed by atoms with Gasteiger partial charge < -0.3 is 33.3 Å². The van der Waals surface area contributed by atoms with Gasteiger partial charge in [0.05, 0.1) is 40.3 Å². The van der Waals surface area contributed by atoms with Crippen LogP contribution in [0.25, 0.3) is 0 Å². The summed E-state index contributed by atoms with van der Waals surface area (Å²) < 4.78 is 22.8. The number of nitrogens with zero attached hydrogens (tertiary/aromatic N) is 1. The van der Waals surface area contributed by atoms with Crippen LogP contribution < -0.4 is 5.11 Å². The molecule has 9 heteroatoms. The van der Waals surface area contributed by atoms with Gasteiger partial charge in [0, 0.05) is 12.8 Å². The van der Waals surface area contributed by atoms with Gasteiger partial charge in [0.25, 0.3) is 0 Å².